The minimum Gasteiger partial charge on any atom is -0.338 e. The van der Waals surface area contributed by atoms with E-state index in [9.17, 15) is 19.2 Å². The number of amides is 6. The molecule has 0 aromatic carbocycles. The highest BCUT2D eigenvalue weighted by atomic mass is 16.2. The fourth-order valence-electron chi connectivity index (χ4n) is 3.47. The van der Waals surface area contributed by atoms with E-state index in [1.54, 1.807) is 0 Å². The molecule has 1 saturated heterocycles. The first kappa shape index (κ1) is 19.2. The zero-order valence-electron chi connectivity index (χ0n) is 15.2. The largest absolute Gasteiger partial charge is 0.338 e. The standard InChI is InChI=1S/C17H28N4O4/c1-11(2)7-9-18-15(24)19-13(22)10-21-14(23)17(20-16(21)25)8-5-4-6-12(17)3/h11-12H,4-10H2,1-3H3,(H,20,25)(H2,18,19,22,24)/t12-,17-/m1/s1. The normalized spacial score (nSPS) is 26.1. The number of nitrogens with zero attached hydrogens (tertiary/aromatic N) is 1. The van der Waals surface area contributed by atoms with Gasteiger partial charge in [0.15, 0.2) is 0 Å². The maximum absolute atomic E-state index is 12.7. The molecule has 8 heteroatoms. The molecule has 3 N–H and O–H groups in total. The maximum atomic E-state index is 12.7. The van der Waals surface area contributed by atoms with Crippen molar-refractivity contribution in [1.82, 2.24) is 20.9 Å². The molecule has 0 bridgehead atoms. The van der Waals surface area contributed by atoms with Crippen LogP contribution in [-0.4, -0.2) is 47.4 Å². The van der Waals surface area contributed by atoms with Gasteiger partial charge in [0.05, 0.1) is 0 Å². The van der Waals surface area contributed by atoms with Crippen LogP contribution >= 0.6 is 0 Å². The Labute approximate surface area is 148 Å². The van der Waals surface area contributed by atoms with Crippen molar-refractivity contribution in [2.24, 2.45) is 11.8 Å². The van der Waals surface area contributed by atoms with Crippen molar-refractivity contribution in [3.05, 3.63) is 0 Å². The highest BCUT2D eigenvalue weighted by Crippen LogP contribution is 2.38. The lowest BCUT2D eigenvalue weighted by atomic mass is 9.73. The second-order valence-corrected chi connectivity index (χ2v) is 7.43. The molecule has 0 unspecified atom stereocenters. The van der Waals surface area contributed by atoms with Gasteiger partial charge in [-0.25, -0.2) is 9.59 Å². The Morgan fingerprint density at radius 3 is 2.68 bits per heavy atom. The van der Waals surface area contributed by atoms with E-state index in [4.69, 9.17) is 0 Å². The van der Waals surface area contributed by atoms with Crippen LogP contribution in [0.5, 0.6) is 0 Å². The van der Waals surface area contributed by atoms with Crippen LogP contribution in [0.1, 0.15) is 52.9 Å². The average molecular weight is 352 g/mol. The second-order valence-electron chi connectivity index (χ2n) is 7.43. The summed E-state index contributed by atoms with van der Waals surface area (Å²) in [6.07, 6.45) is 4.16. The van der Waals surface area contributed by atoms with Crippen LogP contribution in [0.2, 0.25) is 0 Å². The summed E-state index contributed by atoms with van der Waals surface area (Å²) in [5.74, 6) is -0.563. The molecule has 6 amide bonds. The highest BCUT2D eigenvalue weighted by Gasteiger charge is 2.55. The van der Waals surface area contributed by atoms with Crippen molar-refractivity contribution < 1.29 is 19.2 Å². The van der Waals surface area contributed by atoms with Gasteiger partial charge in [0.25, 0.3) is 5.91 Å². The third-order valence-electron chi connectivity index (χ3n) is 5.06. The highest BCUT2D eigenvalue weighted by molar-refractivity contribution is 6.10. The lowest BCUT2D eigenvalue weighted by Gasteiger charge is -2.36. The first-order valence-corrected chi connectivity index (χ1v) is 8.98. The number of rotatable bonds is 5. The molecule has 0 aromatic rings. The second kappa shape index (κ2) is 7.84. The van der Waals surface area contributed by atoms with Crippen LogP contribution in [0.3, 0.4) is 0 Å². The third-order valence-corrected chi connectivity index (χ3v) is 5.06. The third kappa shape index (κ3) is 4.29. The van der Waals surface area contributed by atoms with E-state index in [2.05, 4.69) is 16.0 Å². The fourth-order valence-corrected chi connectivity index (χ4v) is 3.47. The molecule has 1 heterocycles. The molecule has 0 radical (unpaired) electrons. The van der Waals surface area contributed by atoms with E-state index < -0.39 is 30.1 Å². The SMILES string of the molecule is CC(C)CCNC(=O)NC(=O)CN1C(=O)N[C@@]2(CCCC[C@H]2C)C1=O. The summed E-state index contributed by atoms with van der Waals surface area (Å²) in [6.45, 7) is 6.02. The molecule has 0 aromatic heterocycles. The number of hydrogen-bond donors (Lipinski definition) is 3. The van der Waals surface area contributed by atoms with Crippen LogP contribution in [0.25, 0.3) is 0 Å². The first-order valence-electron chi connectivity index (χ1n) is 8.98. The average Bonchev–Trinajstić information content (AvgIpc) is 2.75. The van der Waals surface area contributed by atoms with Crippen LogP contribution in [0.15, 0.2) is 0 Å². The van der Waals surface area contributed by atoms with Crippen molar-refractivity contribution in [2.45, 2.75) is 58.4 Å². The van der Waals surface area contributed by atoms with Crippen molar-refractivity contribution in [3.8, 4) is 0 Å². The van der Waals surface area contributed by atoms with E-state index in [-0.39, 0.29) is 11.8 Å². The van der Waals surface area contributed by atoms with Crippen molar-refractivity contribution in [1.29, 1.82) is 0 Å². The van der Waals surface area contributed by atoms with Gasteiger partial charge >= 0.3 is 12.1 Å². The predicted molar refractivity (Wildman–Crippen MR) is 91.6 cm³/mol. The number of urea groups is 2. The van der Waals surface area contributed by atoms with Gasteiger partial charge in [-0.2, -0.15) is 0 Å². The quantitative estimate of drug-likeness (QED) is 0.649. The molecule has 140 valence electrons. The van der Waals surface area contributed by atoms with Crippen LogP contribution in [0.4, 0.5) is 9.59 Å². The van der Waals surface area contributed by atoms with Gasteiger partial charge in [-0.3, -0.25) is 19.8 Å². The molecule has 2 aliphatic rings. The Balaban J connectivity index is 1.89. The Kier molecular flexibility index (Phi) is 6.02. The molecule has 25 heavy (non-hydrogen) atoms. The zero-order valence-corrected chi connectivity index (χ0v) is 15.2. The molecule has 2 atom stereocenters. The van der Waals surface area contributed by atoms with Gasteiger partial charge in [-0.15, -0.1) is 0 Å². The number of carbonyl (C=O) groups excluding carboxylic acids is 4. The van der Waals surface area contributed by atoms with E-state index >= 15 is 0 Å². The number of carbonyl (C=O) groups is 4. The lowest BCUT2D eigenvalue weighted by Crippen LogP contribution is -2.54. The molecule has 1 aliphatic heterocycles. The minimum absolute atomic E-state index is 0.0325. The van der Waals surface area contributed by atoms with Gasteiger partial charge in [-0.05, 0) is 31.1 Å². The van der Waals surface area contributed by atoms with Crippen LogP contribution in [0, 0.1) is 11.8 Å². The number of hydrogen-bond acceptors (Lipinski definition) is 4. The molecule has 2 fully saturated rings. The summed E-state index contributed by atoms with van der Waals surface area (Å²) >= 11 is 0. The molecule has 1 saturated carbocycles. The number of imide groups is 2. The van der Waals surface area contributed by atoms with Crippen molar-refractivity contribution in [3.63, 3.8) is 0 Å². The summed E-state index contributed by atoms with van der Waals surface area (Å²) in [5, 5.41) is 7.52. The van der Waals surface area contributed by atoms with Crippen LogP contribution in [-0.2, 0) is 9.59 Å². The van der Waals surface area contributed by atoms with E-state index in [0.717, 1.165) is 30.6 Å². The molecule has 8 nitrogen and oxygen atoms in total. The summed E-state index contributed by atoms with van der Waals surface area (Å²) in [4.78, 5) is 49.5. The minimum atomic E-state index is -0.894. The van der Waals surface area contributed by atoms with Crippen molar-refractivity contribution >= 4 is 23.9 Å². The molecule has 1 aliphatic carbocycles. The molecule has 1 spiro atoms. The van der Waals surface area contributed by atoms with Gasteiger partial charge in [0.1, 0.15) is 12.1 Å². The topological polar surface area (TPSA) is 108 Å². The lowest BCUT2D eigenvalue weighted by molar-refractivity contribution is -0.137. The van der Waals surface area contributed by atoms with Gasteiger partial charge in [0, 0.05) is 6.54 Å². The molecular weight excluding hydrogens is 324 g/mol. The first-order chi connectivity index (χ1) is 11.8. The molecule has 2 rings (SSSR count). The Morgan fingerprint density at radius 1 is 1.32 bits per heavy atom. The Bertz CT molecular complexity index is 563. The number of nitrogens with one attached hydrogen (secondary N) is 3. The summed E-state index contributed by atoms with van der Waals surface area (Å²) in [6, 6.07) is -1.17. The Hall–Kier alpha value is -2.12. The summed E-state index contributed by atoms with van der Waals surface area (Å²) in [7, 11) is 0. The van der Waals surface area contributed by atoms with Gasteiger partial charge < -0.3 is 10.6 Å². The van der Waals surface area contributed by atoms with Crippen molar-refractivity contribution in [2.75, 3.05) is 13.1 Å². The van der Waals surface area contributed by atoms with Crippen LogP contribution < -0.4 is 16.0 Å². The van der Waals surface area contributed by atoms with E-state index in [0.29, 0.717) is 18.9 Å². The van der Waals surface area contributed by atoms with E-state index in [1.807, 2.05) is 20.8 Å². The van der Waals surface area contributed by atoms with E-state index in [1.165, 1.54) is 0 Å². The van der Waals surface area contributed by atoms with Gasteiger partial charge in [-0.1, -0.05) is 33.6 Å². The monoisotopic (exact) mass is 352 g/mol. The predicted octanol–water partition coefficient (Wildman–Crippen LogP) is 1.36. The zero-order chi connectivity index (χ0) is 18.6. The maximum Gasteiger partial charge on any atom is 0.325 e. The summed E-state index contributed by atoms with van der Waals surface area (Å²) in [5.41, 5.74) is -0.894. The van der Waals surface area contributed by atoms with Gasteiger partial charge in [0.2, 0.25) is 5.91 Å². The fraction of sp³-hybridized carbons (Fsp3) is 0.765. The summed E-state index contributed by atoms with van der Waals surface area (Å²) < 4.78 is 0. The smallest absolute Gasteiger partial charge is 0.325 e. The Morgan fingerprint density at radius 2 is 2.04 bits per heavy atom. The molecular formula is C17H28N4O4.